The van der Waals surface area contributed by atoms with Crippen LogP contribution >= 0.6 is 35.4 Å². The molecular weight excluding hydrogens is 283 g/mol. The molecule has 0 saturated heterocycles. The zero-order chi connectivity index (χ0) is 13.0. The van der Waals surface area contributed by atoms with E-state index in [0.29, 0.717) is 0 Å². The molecule has 0 N–H and O–H groups in total. The smallest absolute Gasteiger partial charge is 0.0408 e. The van der Waals surface area contributed by atoms with Crippen molar-refractivity contribution in [3.05, 3.63) is 69.7 Å². The summed E-state index contributed by atoms with van der Waals surface area (Å²) >= 11 is 17.3. The highest BCUT2D eigenvalue weighted by Gasteiger charge is 2.02. The van der Waals surface area contributed by atoms with E-state index in [2.05, 4.69) is 0 Å². The molecule has 0 fully saturated rings. The molecule has 0 aromatic heterocycles. The van der Waals surface area contributed by atoms with Gasteiger partial charge >= 0.3 is 0 Å². The van der Waals surface area contributed by atoms with E-state index < -0.39 is 0 Å². The highest BCUT2D eigenvalue weighted by molar-refractivity contribution is 7.80. The zero-order valence-corrected chi connectivity index (χ0v) is 12.0. The van der Waals surface area contributed by atoms with E-state index in [1.807, 2.05) is 48.5 Å². The summed E-state index contributed by atoms with van der Waals surface area (Å²) in [6, 6.07) is 15.6. The molecule has 0 atom stereocenters. The molecule has 0 radical (unpaired) electrons. The molecule has 0 saturated carbocycles. The van der Waals surface area contributed by atoms with Crippen molar-refractivity contribution in [2.24, 2.45) is 0 Å². The Morgan fingerprint density at radius 2 is 1.28 bits per heavy atom. The van der Waals surface area contributed by atoms with Crippen molar-refractivity contribution >= 4 is 40.3 Å². The summed E-state index contributed by atoms with van der Waals surface area (Å²) in [5.41, 5.74) is 2.30. The molecule has 0 amide bonds. The van der Waals surface area contributed by atoms with Gasteiger partial charge in [0.25, 0.3) is 0 Å². The first-order chi connectivity index (χ1) is 8.63. The minimum Gasteiger partial charge on any atom is -0.0890 e. The van der Waals surface area contributed by atoms with Gasteiger partial charge in [-0.1, -0.05) is 59.7 Å². The van der Waals surface area contributed by atoms with Crippen LogP contribution in [0.4, 0.5) is 0 Å². The standard InChI is InChI=1S/C15H12Cl2S/c16-13-5-1-3-11(7-13)9-15(18)10-12-4-2-6-14(17)8-12/h1-8H,9-10H2. The van der Waals surface area contributed by atoms with E-state index in [9.17, 15) is 0 Å². The Balaban J connectivity index is 2.01. The lowest BCUT2D eigenvalue weighted by molar-refractivity contribution is 1.25. The van der Waals surface area contributed by atoms with Crippen LogP contribution in [0.15, 0.2) is 48.5 Å². The Kier molecular flexibility index (Phi) is 4.76. The third-order valence-corrected chi connectivity index (χ3v) is 3.34. The molecule has 2 aromatic rings. The van der Waals surface area contributed by atoms with Gasteiger partial charge in [-0.2, -0.15) is 0 Å². The third kappa shape index (κ3) is 4.09. The van der Waals surface area contributed by atoms with Crippen LogP contribution in [0.5, 0.6) is 0 Å². The van der Waals surface area contributed by atoms with Crippen LogP contribution in [0.25, 0.3) is 0 Å². The summed E-state index contributed by atoms with van der Waals surface area (Å²) in [6.45, 7) is 0. The summed E-state index contributed by atoms with van der Waals surface area (Å²) in [5, 5.41) is 1.50. The first-order valence-corrected chi connectivity index (χ1v) is 6.80. The number of hydrogen-bond donors (Lipinski definition) is 0. The van der Waals surface area contributed by atoms with Gasteiger partial charge in [-0.05, 0) is 35.4 Å². The van der Waals surface area contributed by atoms with E-state index >= 15 is 0 Å². The van der Waals surface area contributed by atoms with Crippen molar-refractivity contribution in [3.63, 3.8) is 0 Å². The van der Waals surface area contributed by atoms with E-state index in [4.69, 9.17) is 35.4 Å². The second-order valence-electron chi connectivity index (χ2n) is 4.15. The van der Waals surface area contributed by atoms with Gasteiger partial charge in [-0.25, -0.2) is 0 Å². The lowest BCUT2D eigenvalue weighted by Crippen LogP contribution is -2.04. The highest BCUT2D eigenvalue weighted by Crippen LogP contribution is 2.15. The number of halogens is 2. The van der Waals surface area contributed by atoms with Crippen LogP contribution in [-0.4, -0.2) is 4.86 Å². The van der Waals surface area contributed by atoms with Gasteiger partial charge in [0.2, 0.25) is 0 Å². The number of rotatable bonds is 4. The lowest BCUT2D eigenvalue weighted by atomic mass is 10.0. The van der Waals surface area contributed by atoms with Crippen molar-refractivity contribution in [3.8, 4) is 0 Å². The molecule has 0 bridgehead atoms. The predicted molar refractivity (Wildman–Crippen MR) is 82.9 cm³/mol. The first-order valence-electron chi connectivity index (χ1n) is 5.64. The van der Waals surface area contributed by atoms with Gasteiger partial charge < -0.3 is 0 Å². The maximum absolute atomic E-state index is 5.95. The predicted octanol–water partition coefficient (Wildman–Crippen LogP) is 5.15. The third-order valence-electron chi connectivity index (χ3n) is 2.58. The summed E-state index contributed by atoms with van der Waals surface area (Å²) in [4.78, 5) is 0.986. The van der Waals surface area contributed by atoms with Crippen LogP contribution in [0.3, 0.4) is 0 Å². The molecule has 0 aliphatic carbocycles. The molecule has 3 heteroatoms. The monoisotopic (exact) mass is 294 g/mol. The summed E-state index contributed by atoms with van der Waals surface area (Å²) in [7, 11) is 0. The molecular formula is C15H12Cl2S. The van der Waals surface area contributed by atoms with Crippen molar-refractivity contribution in [2.45, 2.75) is 12.8 Å². The van der Waals surface area contributed by atoms with E-state index in [1.54, 1.807) is 0 Å². The van der Waals surface area contributed by atoms with Crippen LogP contribution in [0.2, 0.25) is 10.0 Å². The van der Waals surface area contributed by atoms with E-state index in [1.165, 1.54) is 0 Å². The summed E-state index contributed by atoms with van der Waals surface area (Å²) in [5.74, 6) is 0. The van der Waals surface area contributed by atoms with Crippen molar-refractivity contribution in [1.82, 2.24) is 0 Å². The van der Waals surface area contributed by atoms with Crippen LogP contribution in [0.1, 0.15) is 11.1 Å². The molecule has 0 aliphatic heterocycles. The second kappa shape index (κ2) is 6.33. The Hall–Kier alpha value is -0.890. The number of benzene rings is 2. The molecule has 2 aromatic carbocycles. The minimum atomic E-state index is 0.748. The topological polar surface area (TPSA) is 0 Å². The second-order valence-corrected chi connectivity index (χ2v) is 5.60. The highest BCUT2D eigenvalue weighted by atomic mass is 35.5. The minimum absolute atomic E-state index is 0.748. The summed E-state index contributed by atoms with van der Waals surface area (Å²) in [6.07, 6.45) is 1.53. The first kappa shape index (κ1) is 13.5. The molecule has 0 aliphatic rings. The Labute approximate surface area is 123 Å². The molecule has 92 valence electrons. The number of thiocarbonyl (C=S) groups is 1. The van der Waals surface area contributed by atoms with Crippen molar-refractivity contribution in [1.29, 1.82) is 0 Å². The van der Waals surface area contributed by atoms with Gasteiger partial charge in [0.15, 0.2) is 0 Å². The fraction of sp³-hybridized carbons (Fsp3) is 0.133. The largest absolute Gasteiger partial charge is 0.0890 e. The Morgan fingerprint density at radius 3 is 1.67 bits per heavy atom. The SMILES string of the molecule is S=C(Cc1cccc(Cl)c1)Cc1cccc(Cl)c1. The molecule has 0 heterocycles. The molecule has 18 heavy (non-hydrogen) atoms. The van der Waals surface area contributed by atoms with Gasteiger partial charge in [-0.3, -0.25) is 0 Å². The quantitative estimate of drug-likeness (QED) is 0.703. The lowest BCUT2D eigenvalue weighted by Gasteiger charge is -2.05. The summed E-state index contributed by atoms with van der Waals surface area (Å²) < 4.78 is 0. The van der Waals surface area contributed by atoms with Gasteiger partial charge in [-0.15, -0.1) is 0 Å². The zero-order valence-electron chi connectivity index (χ0n) is 9.70. The molecule has 0 unspecified atom stereocenters. The molecule has 2 rings (SSSR count). The Morgan fingerprint density at radius 1 is 0.833 bits per heavy atom. The normalized spacial score (nSPS) is 10.3. The average molecular weight is 295 g/mol. The fourth-order valence-corrected chi connectivity index (χ4v) is 2.57. The van der Waals surface area contributed by atoms with Crippen LogP contribution in [0, 0.1) is 0 Å². The van der Waals surface area contributed by atoms with E-state index in [-0.39, 0.29) is 0 Å². The Bertz CT molecular complexity index is 514. The van der Waals surface area contributed by atoms with Crippen molar-refractivity contribution < 1.29 is 0 Å². The molecule has 0 spiro atoms. The van der Waals surface area contributed by atoms with Gasteiger partial charge in [0, 0.05) is 27.8 Å². The van der Waals surface area contributed by atoms with Crippen LogP contribution < -0.4 is 0 Å². The van der Waals surface area contributed by atoms with Crippen LogP contribution in [-0.2, 0) is 12.8 Å². The fourth-order valence-electron chi connectivity index (χ4n) is 1.81. The average Bonchev–Trinajstić information content (AvgIpc) is 2.28. The van der Waals surface area contributed by atoms with E-state index in [0.717, 1.165) is 38.9 Å². The van der Waals surface area contributed by atoms with Crippen molar-refractivity contribution in [2.75, 3.05) is 0 Å². The molecule has 0 nitrogen and oxygen atoms in total. The van der Waals surface area contributed by atoms with Gasteiger partial charge in [0.1, 0.15) is 0 Å². The number of hydrogen-bond acceptors (Lipinski definition) is 1. The maximum atomic E-state index is 5.95. The van der Waals surface area contributed by atoms with Gasteiger partial charge in [0.05, 0.1) is 0 Å². The maximum Gasteiger partial charge on any atom is 0.0408 e.